The van der Waals surface area contributed by atoms with Gasteiger partial charge in [0.2, 0.25) is 0 Å². The van der Waals surface area contributed by atoms with E-state index in [4.69, 9.17) is 5.11 Å². The molecule has 13 heavy (non-hydrogen) atoms. The Morgan fingerprint density at radius 1 is 1.69 bits per heavy atom. The van der Waals surface area contributed by atoms with Gasteiger partial charge in [-0.05, 0) is 25.8 Å². The fourth-order valence-corrected chi connectivity index (χ4v) is 1.86. The third kappa shape index (κ3) is 2.67. The van der Waals surface area contributed by atoms with Gasteiger partial charge in [-0.15, -0.1) is 0 Å². The Labute approximate surface area is 78.2 Å². The molecule has 0 saturated carbocycles. The van der Waals surface area contributed by atoms with Gasteiger partial charge < -0.3 is 10.2 Å². The minimum absolute atomic E-state index is 0.345. The molecule has 0 amide bonds. The summed E-state index contributed by atoms with van der Waals surface area (Å²) in [6, 6.07) is -0.421. The zero-order valence-electron chi connectivity index (χ0n) is 7.94. The van der Waals surface area contributed by atoms with Gasteiger partial charge in [0, 0.05) is 6.54 Å². The molecule has 1 saturated heterocycles. The van der Waals surface area contributed by atoms with Gasteiger partial charge in [0.05, 0.1) is 6.10 Å². The monoisotopic (exact) mass is 187 g/mol. The average molecular weight is 187 g/mol. The van der Waals surface area contributed by atoms with Crippen LogP contribution in [0.3, 0.4) is 0 Å². The number of carboxylic acid groups (broad SMARTS) is 1. The zero-order chi connectivity index (χ0) is 9.84. The van der Waals surface area contributed by atoms with Crippen molar-refractivity contribution in [2.24, 2.45) is 0 Å². The molecule has 0 aliphatic carbocycles. The maximum Gasteiger partial charge on any atom is 0.320 e. The normalized spacial score (nSPS) is 27.1. The largest absolute Gasteiger partial charge is 0.480 e. The molecule has 0 unspecified atom stereocenters. The number of piperidine rings is 1. The molecule has 0 spiro atoms. The Morgan fingerprint density at radius 2 is 2.38 bits per heavy atom. The highest BCUT2D eigenvalue weighted by Gasteiger charge is 2.27. The Bertz CT molecular complexity index is 184. The van der Waals surface area contributed by atoms with E-state index < -0.39 is 12.0 Å². The summed E-state index contributed by atoms with van der Waals surface area (Å²) < 4.78 is 0. The second kappa shape index (κ2) is 4.58. The van der Waals surface area contributed by atoms with Gasteiger partial charge in [0.25, 0.3) is 0 Å². The summed E-state index contributed by atoms with van der Waals surface area (Å²) in [5.74, 6) is -0.781. The lowest BCUT2D eigenvalue weighted by Gasteiger charge is -2.33. The number of likely N-dealkylation sites (tertiary alicyclic amines) is 1. The maximum absolute atomic E-state index is 10.8. The number of carboxylic acids is 1. The van der Waals surface area contributed by atoms with Crippen LogP contribution in [0.15, 0.2) is 0 Å². The number of nitrogens with zero attached hydrogens (tertiary/aromatic N) is 1. The lowest BCUT2D eigenvalue weighted by atomic mass is 10.0. The van der Waals surface area contributed by atoms with Crippen LogP contribution in [-0.4, -0.2) is 46.3 Å². The summed E-state index contributed by atoms with van der Waals surface area (Å²) in [5.41, 5.74) is 0. The van der Waals surface area contributed by atoms with Crippen LogP contribution in [0, 0.1) is 0 Å². The molecule has 1 rings (SSSR count). The molecule has 2 atom stereocenters. The van der Waals surface area contributed by atoms with Gasteiger partial charge >= 0.3 is 5.97 Å². The summed E-state index contributed by atoms with van der Waals surface area (Å²) in [5, 5.41) is 18.3. The first-order valence-electron chi connectivity index (χ1n) is 4.80. The summed E-state index contributed by atoms with van der Waals surface area (Å²) in [6.45, 7) is 3.16. The van der Waals surface area contributed by atoms with Crippen LogP contribution in [0.1, 0.15) is 26.2 Å². The van der Waals surface area contributed by atoms with Gasteiger partial charge in [-0.2, -0.15) is 0 Å². The number of rotatable bonds is 3. The van der Waals surface area contributed by atoms with Gasteiger partial charge in [-0.25, -0.2) is 0 Å². The molecule has 0 aromatic rings. The topological polar surface area (TPSA) is 60.8 Å². The number of aliphatic hydroxyl groups is 1. The van der Waals surface area contributed by atoms with Crippen molar-refractivity contribution in [2.45, 2.75) is 38.3 Å². The van der Waals surface area contributed by atoms with Crippen LogP contribution in [0.5, 0.6) is 0 Å². The van der Waals surface area contributed by atoms with Crippen molar-refractivity contribution in [2.75, 3.05) is 13.1 Å². The lowest BCUT2D eigenvalue weighted by molar-refractivity contribution is -0.144. The predicted molar refractivity (Wildman–Crippen MR) is 48.5 cm³/mol. The Kier molecular flexibility index (Phi) is 3.69. The van der Waals surface area contributed by atoms with E-state index in [1.807, 2.05) is 11.8 Å². The molecule has 1 aliphatic rings. The van der Waals surface area contributed by atoms with E-state index in [0.29, 0.717) is 13.0 Å². The van der Waals surface area contributed by atoms with E-state index in [1.54, 1.807) is 0 Å². The van der Waals surface area contributed by atoms with E-state index in [9.17, 15) is 9.90 Å². The molecule has 0 bridgehead atoms. The molecular formula is C9H17NO3. The third-order valence-electron chi connectivity index (χ3n) is 2.54. The average Bonchev–Trinajstić information content (AvgIpc) is 2.04. The van der Waals surface area contributed by atoms with E-state index in [-0.39, 0.29) is 6.10 Å². The second-order valence-corrected chi connectivity index (χ2v) is 3.55. The van der Waals surface area contributed by atoms with Crippen molar-refractivity contribution in [1.29, 1.82) is 0 Å². The highest BCUT2D eigenvalue weighted by atomic mass is 16.4. The van der Waals surface area contributed by atoms with E-state index >= 15 is 0 Å². The summed E-state index contributed by atoms with van der Waals surface area (Å²) >= 11 is 0. The first kappa shape index (κ1) is 10.5. The molecule has 4 heteroatoms. The fourth-order valence-electron chi connectivity index (χ4n) is 1.86. The SMILES string of the molecule is CC[C@H](C(=O)O)N1CCC[C@@H](O)C1. The minimum Gasteiger partial charge on any atom is -0.480 e. The lowest BCUT2D eigenvalue weighted by Crippen LogP contribution is -2.47. The van der Waals surface area contributed by atoms with E-state index in [0.717, 1.165) is 19.4 Å². The first-order valence-corrected chi connectivity index (χ1v) is 4.80. The molecule has 76 valence electrons. The van der Waals surface area contributed by atoms with E-state index in [2.05, 4.69) is 0 Å². The van der Waals surface area contributed by atoms with Gasteiger partial charge in [0.15, 0.2) is 0 Å². The van der Waals surface area contributed by atoms with Crippen molar-refractivity contribution >= 4 is 5.97 Å². The van der Waals surface area contributed by atoms with Crippen molar-refractivity contribution in [3.63, 3.8) is 0 Å². The van der Waals surface area contributed by atoms with E-state index in [1.165, 1.54) is 0 Å². The zero-order valence-corrected chi connectivity index (χ0v) is 7.94. The van der Waals surface area contributed by atoms with Crippen LogP contribution >= 0.6 is 0 Å². The van der Waals surface area contributed by atoms with Gasteiger partial charge in [-0.1, -0.05) is 6.92 Å². The molecule has 2 N–H and O–H groups in total. The molecule has 1 fully saturated rings. The molecule has 1 heterocycles. The second-order valence-electron chi connectivity index (χ2n) is 3.55. The number of β-amino-alcohol motifs (C(OH)–C–C–N with tert-alkyl or cyclic N) is 1. The number of hydrogen-bond donors (Lipinski definition) is 2. The Hall–Kier alpha value is -0.610. The number of carbonyl (C=O) groups is 1. The Balaban J connectivity index is 2.52. The summed E-state index contributed by atoms with van der Waals surface area (Å²) in [6.07, 6.45) is 1.95. The molecule has 4 nitrogen and oxygen atoms in total. The predicted octanol–water partition coefficient (Wildman–Crippen LogP) is 0.306. The molecular weight excluding hydrogens is 170 g/mol. The number of aliphatic hydroxyl groups excluding tert-OH is 1. The van der Waals surface area contributed by atoms with Crippen LogP contribution in [0.25, 0.3) is 0 Å². The summed E-state index contributed by atoms with van der Waals surface area (Å²) in [7, 11) is 0. The highest BCUT2D eigenvalue weighted by Crippen LogP contribution is 2.14. The van der Waals surface area contributed by atoms with Crippen molar-refractivity contribution in [3.8, 4) is 0 Å². The van der Waals surface area contributed by atoms with Crippen molar-refractivity contribution in [1.82, 2.24) is 4.90 Å². The molecule has 0 aromatic carbocycles. The number of aliphatic carboxylic acids is 1. The fraction of sp³-hybridized carbons (Fsp3) is 0.889. The van der Waals surface area contributed by atoms with Crippen LogP contribution in [-0.2, 0) is 4.79 Å². The smallest absolute Gasteiger partial charge is 0.320 e. The maximum atomic E-state index is 10.8. The summed E-state index contributed by atoms with van der Waals surface area (Å²) in [4.78, 5) is 12.7. The van der Waals surface area contributed by atoms with Gasteiger partial charge in [0.1, 0.15) is 6.04 Å². The standard InChI is InChI=1S/C9H17NO3/c1-2-8(9(12)13)10-5-3-4-7(11)6-10/h7-8,11H,2-6H2,1H3,(H,12,13)/t7-,8-/m1/s1. The first-order chi connectivity index (χ1) is 6.15. The minimum atomic E-state index is -0.781. The quantitative estimate of drug-likeness (QED) is 0.667. The molecule has 0 aromatic heterocycles. The third-order valence-corrected chi connectivity index (χ3v) is 2.54. The van der Waals surface area contributed by atoms with Crippen LogP contribution in [0.4, 0.5) is 0 Å². The van der Waals surface area contributed by atoms with Crippen LogP contribution < -0.4 is 0 Å². The van der Waals surface area contributed by atoms with Crippen molar-refractivity contribution < 1.29 is 15.0 Å². The van der Waals surface area contributed by atoms with Gasteiger partial charge in [-0.3, -0.25) is 9.69 Å². The molecule has 1 aliphatic heterocycles. The van der Waals surface area contributed by atoms with Crippen molar-refractivity contribution in [3.05, 3.63) is 0 Å². The molecule has 0 radical (unpaired) electrons. The highest BCUT2D eigenvalue weighted by molar-refractivity contribution is 5.73. The number of hydrogen-bond acceptors (Lipinski definition) is 3. The van der Waals surface area contributed by atoms with Crippen LogP contribution in [0.2, 0.25) is 0 Å². The Morgan fingerprint density at radius 3 is 2.85 bits per heavy atom.